The molecule has 0 spiro atoms. The summed E-state index contributed by atoms with van der Waals surface area (Å²) in [4.78, 5) is 29.1. The summed E-state index contributed by atoms with van der Waals surface area (Å²) in [6, 6.07) is 12.5. The van der Waals surface area contributed by atoms with Crippen molar-refractivity contribution in [1.29, 1.82) is 0 Å². The average Bonchev–Trinajstić information content (AvgIpc) is 3.55. The van der Waals surface area contributed by atoms with Crippen LogP contribution in [-0.2, 0) is 20.9 Å². The maximum atomic E-state index is 15.1. The van der Waals surface area contributed by atoms with Crippen molar-refractivity contribution >= 4 is 22.8 Å². The first-order valence-corrected chi connectivity index (χ1v) is 12.8. The Morgan fingerprint density at radius 3 is 2.61 bits per heavy atom. The number of ether oxygens (including phenoxy) is 1. The van der Waals surface area contributed by atoms with Crippen molar-refractivity contribution in [3.63, 3.8) is 0 Å². The van der Waals surface area contributed by atoms with E-state index in [0.717, 1.165) is 50.5 Å². The molecule has 2 fully saturated rings. The van der Waals surface area contributed by atoms with E-state index >= 15 is 4.39 Å². The Morgan fingerprint density at radius 1 is 1.06 bits per heavy atom. The maximum Gasteiger partial charge on any atom is 0.247 e. The third kappa shape index (κ3) is 5.41. The third-order valence-corrected chi connectivity index (χ3v) is 7.16. The molecule has 1 saturated carbocycles. The smallest absolute Gasteiger partial charge is 0.247 e. The Hall–Kier alpha value is -3.33. The van der Waals surface area contributed by atoms with E-state index in [1.807, 2.05) is 24.3 Å². The summed E-state index contributed by atoms with van der Waals surface area (Å²) in [6.45, 7) is 0.691. The fourth-order valence-electron chi connectivity index (χ4n) is 5.29. The largest absolute Gasteiger partial charge is 0.376 e. The molecule has 0 radical (unpaired) electrons. The molecular formula is C27H32FN5O3. The van der Waals surface area contributed by atoms with Crippen molar-refractivity contribution in [3.05, 3.63) is 59.9 Å². The van der Waals surface area contributed by atoms with E-state index in [2.05, 4.69) is 15.6 Å². The predicted molar refractivity (Wildman–Crippen MR) is 132 cm³/mol. The predicted octanol–water partition coefficient (Wildman–Crippen LogP) is 3.77. The summed E-state index contributed by atoms with van der Waals surface area (Å²) in [5.74, 6) is -1.22. The zero-order chi connectivity index (χ0) is 24.9. The Labute approximate surface area is 209 Å². The molecule has 9 heteroatoms. The Balaban J connectivity index is 1.48. The van der Waals surface area contributed by atoms with Crippen LogP contribution in [0, 0.1) is 5.82 Å². The number of hydrogen-bond donors (Lipinski definition) is 1. The summed E-state index contributed by atoms with van der Waals surface area (Å²) in [7, 11) is 0. The van der Waals surface area contributed by atoms with E-state index in [-0.39, 0.29) is 42.6 Å². The molecule has 36 heavy (non-hydrogen) atoms. The van der Waals surface area contributed by atoms with Gasteiger partial charge < -0.3 is 15.0 Å². The standard InChI is InChI=1S/C27H32FN5O3/c28-22-13-5-4-12-21(22)26(27(35)29-19-9-2-1-3-10-19)32(17-20-11-8-16-36-20)25(34)18-33-24-15-7-6-14-23(24)30-31-33/h4-7,12-15,19-20,26H,1-3,8-11,16-18H2,(H,29,35)/t20-,26+/m1/s1. The summed E-state index contributed by atoms with van der Waals surface area (Å²) in [5, 5.41) is 11.4. The van der Waals surface area contributed by atoms with Gasteiger partial charge in [0.05, 0.1) is 11.6 Å². The molecule has 1 N–H and O–H groups in total. The Bertz CT molecular complexity index is 1200. The van der Waals surface area contributed by atoms with Gasteiger partial charge in [0, 0.05) is 24.8 Å². The van der Waals surface area contributed by atoms with Gasteiger partial charge in [-0.3, -0.25) is 9.59 Å². The average molecular weight is 494 g/mol. The zero-order valence-electron chi connectivity index (χ0n) is 20.3. The van der Waals surface area contributed by atoms with Crippen molar-refractivity contribution in [2.45, 2.75) is 69.7 Å². The van der Waals surface area contributed by atoms with Crippen LogP contribution in [0.5, 0.6) is 0 Å². The lowest BCUT2D eigenvalue weighted by Crippen LogP contribution is -2.50. The first-order valence-electron chi connectivity index (χ1n) is 12.8. The van der Waals surface area contributed by atoms with Crippen LogP contribution in [0.2, 0.25) is 0 Å². The van der Waals surface area contributed by atoms with Crippen LogP contribution >= 0.6 is 0 Å². The van der Waals surface area contributed by atoms with Crippen LogP contribution in [0.3, 0.4) is 0 Å². The van der Waals surface area contributed by atoms with Crippen molar-refractivity contribution in [2.24, 2.45) is 0 Å². The number of amides is 2. The molecular weight excluding hydrogens is 461 g/mol. The lowest BCUT2D eigenvalue weighted by atomic mass is 9.94. The SMILES string of the molecule is O=C(NC1CCCCC1)[C@H](c1ccccc1F)N(C[C@H]1CCCO1)C(=O)Cn1nnc2ccccc21. The molecule has 5 rings (SSSR count). The number of carbonyl (C=O) groups excluding carboxylic acids is 2. The monoisotopic (exact) mass is 493 g/mol. The van der Waals surface area contributed by atoms with Gasteiger partial charge in [0.2, 0.25) is 11.8 Å². The summed E-state index contributed by atoms with van der Waals surface area (Å²) < 4.78 is 22.5. The summed E-state index contributed by atoms with van der Waals surface area (Å²) >= 11 is 0. The van der Waals surface area contributed by atoms with Gasteiger partial charge in [0.25, 0.3) is 0 Å². The molecule has 2 heterocycles. The Kier molecular flexibility index (Phi) is 7.55. The van der Waals surface area contributed by atoms with Gasteiger partial charge in [0.15, 0.2) is 0 Å². The van der Waals surface area contributed by atoms with Gasteiger partial charge in [-0.25, -0.2) is 9.07 Å². The summed E-state index contributed by atoms with van der Waals surface area (Å²) in [6.07, 6.45) is 6.49. The highest BCUT2D eigenvalue weighted by molar-refractivity contribution is 5.89. The van der Waals surface area contributed by atoms with E-state index in [1.54, 1.807) is 18.2 Å². The molecule has 1 aliphatic carbocycles. The van der Waals surface area contributed by atoms with Gasteiger partial charge in [-0.15, -0.1) is 5.10 Å². The number of rotatable bonds is 8. The fourth-order valence-corrected chi connectivity index (χ4v) is 5.29. The van der Waals surface area contributed by atoms with Crippen molar-refractivity contribution in [1.82, 2.24) is 25.2 Å². The topological polar surface area (TPSA) is 89.4 Å². The van der Waals surface area contributed by atoms with Crippen LogP contribution in [-0.4, -0.2) is 57.0 Å². The number of para-hydroxylation sites is 1. The van der Waals surface area contributed by atoms with Gasteiger partial charge in [-0.2, -0.15) is 0 Å². The molecule has 1 aromatic heterocycles. The second kappa shape index (κ2) is 11.2. The van der Waals surface area contributed by atoms with Crippen molar-refractivity contribution in [3.8, 4) is 0 Å². The number of aromatic nitrogens is 3. The number of fused-ring (bicyclic) bond motifs is 1. The highest BCUT2D eigenvalue weighted by atomic mass is 19.1. The molecule has 0 unspecified atom stereocenters. The van der Waals surface area contributed by atoms with E-state index in [0.29, 0.717) is 12.1 Å². The van der Waals surface area contributed by atoms with E-state index in [1.165, 1.54) is 15.6 Å². The lowest BCUT2D eigenvalue weighted by Gasteiger charge is -2.34. The van der Waals surface area contributed by atoms with Gasteiger partial charge in [-0.1, -0.05) is 54.8 Å². The number of hydrogen-bond acceptors (Lipinski definition) is 5. The highest BCUT2D eigenvalue weighted by Gasteiger charge is 2.36. The normalized spacial score (nSPS) is 19.3. The van der Waals surface area contributed by atoms with Gasteiger partial charge in [-0.05, 0) is 43.9 Å². The molecule has 3 aromatic rings. The minimum absolute atomic E-state index is 0.0273. The molecule has 1 aliphatic heterocycles. The van der Waals surface area contributed by atoms with E-state index < -0.39 is 11.9 Å². The molecule has 1 saturated heterocycles. The number of benzene rings is 2. The van der Waals surface area contributed by atoms with Gasteiger partial charge in [0.1, 0.15) is 23.9 Å². The van der Waals surface area contributed by atoms with Crippen molar-refractivity contribution in [2.75, 3.05) is 13.2 Å². The number of nitrogens with one attached hydrogen (secondary N) is 1. The molecule has 2 aliphatic rings. The third-order valence-electron chi connectivity index (χ3n) is 7.16. The minimum atomic E-state index is -1.11. The first kappa shape index (κ1) is 24.4. The second-order valence-electron chi connectivity index (χ2n) is 9.68. The molecule has 190 valence electrons. The molecule has 8 nitrogen and oxygen atoms in total. The summed E-state index contributed by atoms with van der Waals surface area (Å²) in [5.41, 5.74) is 1.58. The molecule has 2 atom stereocenters. The maximum absolute atomic E-state index is 15.1. The molecule has 0 bridgehead atoms. The van der Waals surface area contributed by atoms with Crippen LogP contribution in [0.4, 0.5) is 4.39 Å². The zero-order valence-corrected chi connectivity index (χ0v) is 20.3. The number of nitrogens with zero attached hydrogens (tertiary/aromatic N) is 4. The number of carbonyl (C=O) groups is 2. The quantitative estimate of drug-likeness (QED) is 0.516. The molecule has 2 aromatic carbocycles. The fraction of sp³-hybridized carbons (Fsp3) is 0.481. The van der Waals surface area contributed by atoms with Crippen LogP contribution < -0.4 is 5.32 Å². The minimum Gasteiger partial charge on any atom is -0.376 e. The second-order valence-corrected chi connectivity index (χ2v) is 9.68. The van der Waals surface area contributed by atoms with Crippen molar-refractivity contribution < 1.29 is 18.7 Å². The number of halogens is 1. The lowest BCUT2D eigenvalue weighted by molar-refractivity contribution is -0.143. The Morgan fingerprint density at radius 2 is 1.83 bits per heavy atom. The highest BCUT2D eigenvalue weighted by Crippen LogP contribution is 2.28. The van der Waals surface area contributed by atoms with Crippen LogP contribution in [0.15, 0.2) is 48.5 Å². The van der Waals surface area contributed by atoms with Crippen LogP contribution in [0.1, 0.15) is 56.6 Å². The first-order chi connectivity index (χ1) is 17.6. The van der Waals surface area contributed by atoms with Crippen LogP contribution in [0.25, 0.3) is 11.0 Å². The molecule has 2 amide bonds. The van der Waals surface area contributed by atoms with E-state index in [4.69, 9.17) is 4.74 Å². The van der Waals surface area contributed by atoms with E-state index in [9.17, 15) is 9.59 Å². The van der Waals surface area contributed by atoms with Gasteiger partial charge >= 0.3 is 0 Å².